The van der Waals surface area contributed by atoms with Crippen LogP contribution in [-0.2, 0) is 6.16 Å². The molecule has 0 bridgehead atoms. The first-order valence-corrected chi connectivity index (χ1v) is 9.39. The van der Waals surface area contributed by atoms with Crippen LogP contribution in [0, 0.1) is 0 Å². The number of unbranched alkanes of at least 4 members (excludes halogenated alkanes) is 2. The Morgan fingerprint density at radius 1 is 0.636 bits per heavy atom. The molecule has 0 aliphatic rings. The third-order valence-corrected chi connectivity index (χ3v) is 3.76. The van der Waals surface area contributed by atoms with Gasteiger partial charge in [0.15, 0.2) is 0 Å². The first-order valence-electron chi connectivity index (χ1n) is 8.58. The maximum atomic E-state index is 2.78. The van der Waals surface area contributed by atoms with Crippen LogP contribution >= 0.6 is 9.24 Å². The minimum Gasteiger partial charge on any atom is -0.133 e. The molecule has 1 atom stereocenters. The summed E-state index contributed by atoms with van der Waals surface area (Å²) in [5.41, 5.74) is 4.01. The van der Waals surface area contributed by atoms with Crippen molar-refractivity contribution in [2.75, 3.05) is 0 Å². The van der Waals surface area contributed by atoms with E-state index in [1.165, 1.54) is 42.4 Å². The molecule has 2 rings (SSSR count). The number of hydrogen-bond donors (Lipinski definition) is 0. The van der Waals surface area contributed by atoms with Gasteiger partial charge in [-0.1, -0.05) is 108 Å². The van der Waals surface area contributed by atoms with E-state index in [2.05, 4.69) is 85.5 Å². The van der Waals surface area contributed by atoms with Crippen molar-refractivity contribution >= 4 is 9.24 Å². The SMILES string of the molecule is CCCC.CCCC.PCc1ccccc1-c1ccccc1. The monoisotopic (exact) mass is 316 g/mol. The maximum absolute atomic E-state index is 2.78. The Balaban J connectivity index is 0.000000464. The second-order valence-corrected chi connectivity index (χ2v) is 5.64. The predicted octanol–water partition coefficient (Wildman–Crippen LogP) is 7.34. The third kappa shape index (κ3) is 9.00. The summed E-state index contributed by atoms with van der Waals surface area (Å²) in [5, 5.41) is 0. The van der Waals surface area contributed by atoms with Gasteiger partial charge >= 0.3 is 0 Å². The molecule has 0 aliphatic carbocycles. The topological polar surface area (TPSA) is 0 Å². The summed E-state index contributed by atoms with van der Waals surface area (Å²) in [7, 11) is 2.78. The lowest BCUT2D eigenvalue weighted by Crippen LogP contribution is -1.84. The molecule has 0 aromatic heterocycles. The van der Waals surface area contributed by atoms with Gasteiger partial charge in [-0.05, 0) is 22.9 Å². The fourth-order valence-electron chi connectivity index (χ4n) is 1.60. The van der Waals surface area contributed by atoms with E-state index in [0.717, 1.165) is 6.16 Å². The smallest absolute Gasteiger partial charge is 0.0122 e. The van der Waals surface area contributed by atoms with Gasteiger partial charge < -0.3 is 0 Å². The van der Waals surface area contributed by atoms with E-state index in [4.69, 9.17) is 0 Å². The highest BCUT2D eigenvalue weighted by atomic mass is 31.0. The molecule has 22 heavy (non-hydrogen) atoms. The fourth-order valence-corrected chi connectivity index (χ4v) is 1.95. The Hall–Kier alpha value is -1.13. The molecule has 0 N–H and O–H groups in total. The zero-order valence-corrected chi connectivity index (χ0v) is 16.0. The summed E-state index contributed by atoms with van der Waals surface area (Å²) in [6.45, 7) is 8.72. The van der Waals surface area contributed by atoms with Crippen molar-refractivity contribution in [1.82, 2.24) is 0 Å². The van der Waals surface area contributed by atoms with E-state index in [1.807, 2.05) is 6.07 Å². The molecule has 122 valence electrons. The molecule has 2 aromatic carbocycles. The van der Waals surface area contributed by atoms with Crippen LogP contribution in [0.2, 0.25) is 0 Å². The van der Waals surface area contributed by atoms with Crippen LogP contribution in [0.1, 0.15) is 58.9 Å². The van der Waals surface area contributed by atoms with Crippen LogP contribution in [0.15, 0.2) is 54.6 Å². The Morgan fingerprint density at radius 2 is 1.09 bits per heavy atom. The van der Waals surface area contributed by atoms with Crippen LogP contribution in [0.4, 0.5) is 0 Å². The molecule has 0 saturated carbocycles. The van der Waals surface area contributed by atoms with Gasteiger partial charge in [0, 0.05) is 0 Å². The van der Waals surface area contributed by atoms with Crippen molar-refractivity contribution in [2.45, 2.75) is 59.5 Å². The van der Waals surface area contributed by atoms with Crippen molar-refractivity contribution in [3.05, 3.63) is 60.2 Å². The van der Waals surface area contributed by atoms with Gasteiger partial charge in [0.1, 0.15) is 0 Å². The van der Waals surface area contributed by atoms with E-state index in [1.54, 1.807) is 0 Å². The molecular formula is C21H33P. The van der Waals surface area contributed by atoms with Crippen LogP contribution in [-0.4, -0.2) is 0 Å². The molecule has 0 fully saturated rings. The summed E-state index contributed by atoms with van der Waals surface area (Å²) in [5.74, 6) is 0. The lowest BCUT2D eigenvalue weighted by molar-refractivity contribution is 0.886. The minimum atomic E-state index is 1.01. The van der Waals surface area contributed by atoms with Crippen molar-refractivity contribution in [3.8, 4) is 11.1 Å². The Kier molecular flexibility index (Phi) is 14.0. The average molecular weight is 316 g/mol. The average Bonchev–Trinajstić information content (AvgIpc) is 2.62. The molecule has 2 aromatic rings. The number of benzene rings is 2. The van der Waals surface area contributed by atoms with Gasteiger partial charge in [-0.3, -0.25) is 0 Å². The van der Waals surface area contributed by atoms with Crippen LogP contribution in [0.5, 0.6) is 0 Å². The van der Waals surface area contributed by atoms with Crippen LogP contribution in [0.25, 0.3) is 11.1 Å². The van der Waals surface area contributed by atoms with Crippen molar-refractivity contribution in [3.63, 3.8) is 0 Å². The molecule has 0 aliphatic heterocycles. The summed E-state index contributed by atoms with van der Waals surface area (Å²) in [4.78, 5) is 0. The molecule has 1 heteroatoms. The summed E-state index contributed by atoms with van der Waals surface area (Å²) in [6, 6.07) is 19.0. The number of hydrogen-bond acceptors (Lipinski definition) is 0. The lowest BCUT2D eigenvalue weighted by Gasteiger charge is -2.06. The van der Waals surface area contributed by atoms with Crippen LogP contribution < -0.4 is 0 Å². The van der Waals surface area contributed by atoms with Crippen molar-refractivity contribution < 1.29 is 0 Å². The molecule has 0 nitrogen and oxygen atoms in total. The van der Waals surface area contributed by atoms with Gasteiger partial charge in [-0.15, -0.1) is 9.24 Å². The highest BCUT2D eigenvalue weighted by molar-refractivity contribution is 7.15. The van der Waals surface area contributed by atoms with E-state index in [-0.39, 0.29) is 0 Å². The highest BCUT2D eigenvalue weighted by Gasteiger charge is 2.00. The minimum absolute atomic E-state index is 1.01. The van der Waals surface area contributed by atoms with Gasteiger partial charge in [0.25, 0.3) is 0 Å². The molecule has 0 heterocycles. The fraction of sp³-hybridized carbons (Fsp3) is 0.429. The first-order chi connectivity index (χ1) is 10.7. The lowest BCUT2D eigenvalue weighted by atomic mass is 10.0. The predicted molar refractivity (Wildman–Crippen MR) is 106 cm³/mol. The van der Waals surface area contributed by atoms with Gasteiger partial charge in [-0.2, -0.15) is 0 Å². The molecule has 0 radical (unpaired) electrons. The Morgan fingerprint density at radius 3 is 1.55 bits per heavy atom. The van der Waals surface area contributed by atoms with Gasteiger partial charge in [0.05, 0.1) is 0 Å². The molecule has 0 amide bonds. The van der Waals surface area contributed by atoms with E-state index >= 15 is 0 Å². The normalized spacial score (nSPS) is 9.14. The Labute approximate surface area is 140 Å². The van der Waals surface area contributed by atoms with Gasteiger partial charge in [0.2, 0.25) is 0 Å². The standard InChI is InChI=1S/C13H13P.2C4H10/c14-10-12-8-4-5-9-13(12)11-6-2-1-3-7-11;2*1-3-4-2/h1-9H,10,14H2;2*3-4H2,1-2H3. The summed E-state index contributed by atoms with van der Waals surface area (Å²) < 4.78 is 0. The van der Waals surface area contributed by atoms with E-state index in [0.29, 0.717) is 0 Å². The molecular weight excluding hydrogens is 283 g/mol. The molecule has 0 spiro atoms. The largest absolute Gasteiger partial charge is 0.133 e. The quantitative estimate of drug-likeness (QED) is 0.517. The highest BCUT2D eigenvalue weighted by Crippen LogP contribution is 2.24. The number of rotatable bonds is 4. The van der Waals surface area contributed by atoms with E-state index < -0.39 is 0 Å². The Bertz CT molecular complexity index is 454. The first kappa shape index (κ1) is 20.9. The zero-order chi connectivity index (χ0) is 16.6. The molecule has 1 unspecified atom stereocenters. The summed E-state index contributed by atoms with van der Waals surface area (Å²) in [6.07, 6.45) is 6.28. The maximum Gasteiger partial charge on any atom is -0.0122 e. The van der Waals surface area contributed by atoms with Crippen molar-refractivity contribution in [2.24, 2.45) is 0 Å². The van der Waals surface area contributed by atoms with Gasteiger partial charge in [-0.25, -0.2) is 0 Å². The van der Waals surface area contributed by atoms with E-state index in [9.17, 15) is 0 Å². The summed E-state index contributed by atoms with van der Waals surface area (Å²) >= 11 is 0. The van der Waals surface area contributed by atoms with Crippen LogP contribution in [0.3, 0.4) is 0 Å². The third-order valence-electron chi connectivity index (χ3n) is 3.32. The van der Waals surface area contributed by atoms with Crippen molar-refractivity contribution in [1.29, 1.82) is 0 Å². The zero-order valence-electron chi connectivity index (χ0n) is 14.8. The second-order valence-electron chi connectivity index (χ2n) is 5.23. The molecule has 0 saturated heterocycles. The second kappa shape index (κ2) is 14.8.